The molecule has 0 bridgehead atoms. The van der Waals surface area contributed by atoms with Crippen LogP contribution in [-0.2, 0) is 0 Å². The minimum Gasteiger partial charge on any atom is -0.476 e. The molecule has 0 spiro atoms. The molecule has 0 aliphatic carbocycles. The first kappa shape index (κ1) is 10.6. The van der Waals surface area contributed by atoms with Gasteiger partial charge in [0.25, 0.3) is 0 Å². The third-order valence-corrected chi connectivity index (χ3v) is 2.33. The summed E-state index contributed by atoms with van der Waals surface area (Å²) >= 11 is 5.71. The molecule has 0 aliphatic heterocycles. The Kier molecular flexibility index (Phi) is 2.62. The van der Waals surface area contributed by atoms with Gasteiger partial charge in [-0.3, -0.25) is 0 Å². The van der Waals surface area contributed by atoms with Gasteiger partial charge in [-0.2, -0.15) is 0 Å². The lowest BCUT2D eigenvalue weighted by Gasteiger charge is -1.99. The first-order valence-corrected chi connectivity index (χ1v) is 4.62. The summed E-state index contributed by atoms with van der Waals surface area (Å²) in [6.45, 7) is 0. The van der Waals surface area contributed by atoms with E-state index < -0.39 is 11.8 Å². The van der Waals surface area contributed by atoms with E-state index in [1.807, 2.05) is 0 Å². The molecule has 0 unspecified atom stereocenters. The molecule has 0 saturated heterocycles. The summed E-state index contributed by atoms with van der Waals surface area (Å²) in [7, 11) is 0. The highest BCUT2D eigenvalue weighted by molar-refractivity contribution is 6.33. The van der Waals surface area contributed by atoms with Gasteiger partial charge in [-0.1, -0.05) is 22.8 Å². The number of aromatic carboxylic acids is 1. The zero-order valence-electron chi connectivity index (χ0n) is 7.78. The third kappa shape index (κ3) is 1.77. The highest BCUT2D eigenvalue weighted by Crippen LogP contribution is 2.30. The largest absolute Gasteiger partial charge is 0.476 e. The summed E-state index contributed by atoms with van der Waals surface area (Å²) in [6.07, 6.45) is 0. The van der Waals surface area contributed by atoms with Crippen LogP contribution < -0.4 is 0 Å². The summed E-state index contributed by atoms with van der Waals surface area (Å²) in [5.74, 6) is -1.71. The van der Waals surface area contributed by atoms with Gasteiger partial charge in [-0.15, -0.1) is 0 Å². The van der Waals surface area contributed by atoms with Crippen molar-refractivity contribution >= 4 is 17.6 Å². The van der Waals surface area contributed by atoms with Crippen LogP contribution in [0.5, 0.6) is 0 Å². The minimum absolute atomic E-state index is 0.113. The van der Waals surface area contributed by atoms with Crippen LogP contribution >= 0.6 is 11.6 Å². The molecule has 1 heterocycles. The van der Waals surface area contributed by atoms with Crippen LogP contribution in [0.15, 0.2) is 28.8 Å². The van der Waals surface area contributed by atoms with Gasteiger partial charge in [0.2, 0.25) is 0 Å². The molecule has 4 nitrogen and oxygen atoms in total. The summed E-state index contributed by atoms with van der Waals surface area (Å²) in [5, 5.41) is 11.8. The van der Waals surface area contributed by atoms with Crippen LogP contribution in [0.2, 0.25) is 5.02 Å². The Hall–Kier alpha value is -1.88. The van der Waals surface area contributed by atoms with Gasteiger partial charge in [0.15, 0.2) is 11.5 Å². The van der Waals surface area contributed by atoms with E-state index in [1.165, 1.54) is 24.3 Å². The van der Waals surface area contributed by atoms with Gasteiger partial charge in [0.05, 0.1) is 5.02 Å². The van der Waals surface area contributed by atoms with Crippen molar-refractivity contribution in [1.29, 1.82) is 0 Å². The van der Waals surface area contributed by atoms with Crippen molar-refractivity contribution in [3.05, 3.63) is 40.8 Å². The maximum atomic E-state index is 13.1. The molecule has 0 aliphatic rings. The fraction of sp³-hybridized carbons (Fsp3) is 0. The minimum atomic E-state index is -1.22. The van der Waals surface area contributed by atoms with E-state index in [0.717, 1.165) is 0 Å². The van der Waals surface area contributed by atoms with Crippen molar-refractivity contribution in [1.82, 2.24) is 5.16 Å². The molecule has 1 aromatic carbocycles. The first-order chi connectivity index (χ1) is 7.59. The van der Waals surface area contributed by atoms with Crippen LogP contribution in [-0.4, -0.2) is 16.2 Å². The summed E-state index contributed by atoms with van der Waals surface area (Å²) in [4.78, 5) is 10.6. The molecule has 2 rings (SSSR count). The average molecular weight is 242 g/mol. The van der Waals surface area contributed by atoms with Gasteiger partial charge in [-0.05, 0) is 12.1 Å². The Morgan fingerprint density at radius 2 is 2.25 bits per heavy atom. The molecule has 2 aromatic rings. The molecule has 82 valence electrons. The first-order valence-electron chi connectivity index (χ1n) is 4.24. The Balaban J connectivity index is 2.50. The van der Waals surface area contributed by atoms with Crippen LogP contribution in [0.25, 0.3) is 11.3 Å². The lowest BCUT2D eigenvalue weighted by atomic mass is 10.1. The molecular weight excluding hydrogens is 237 g/mol. The number of nitrogens with zero attached hydrogens (tertiary/aromatic N) is 1. The monoisotopic (exact) mass is 241 g/mol. The van der Waals surface area contributed by atoms with Crippen molar-refractivity contribution in [2.75, 3.05) is 0 Å². The molecule has 1 aromatic heterocycles. The molecule has 1 N–H and O–H groups in total. The summed E-state index contributed by atoms with van der Waals surface area (Å²) in [6, 6.07) is 5.33. The van der Waals surface area contributed by atoms with Crippen LogP contribution in [0, 0.1) is 5.82 Å². The van der Waals surface area contributed by atoms with E-state index in [0.29, 0.717) is 0 Å². The Morgan fingerprint density at radius 3 is 2.88 bits per heavy atom. The number of carboxylic acids is 1. The number of benzene rings is 1. The Morgan fingerprint density at radius 1 is 1.50 bits per heavy atom. The Bertz CT molecular complexity index is 553. The normalized spacial score (nSPS) is 10.4. The molecular formula is C10H5ClFNO3. The fourth-order valence-corrected chi connectivity index (χ4v) is 1.42. The fourth-order valence-electron chi connectivity index (χ4n) is 1.20. The summed E-state index contributed by atoms with van der Waals surface area (Å²) < 4.78 is 17.9. The van der Waals surface area contributed by atoms with Crippen molar-refractivity contribution in [2.24, 2.45) is 0 Å². The van der Waals surface area contributed by atoms with E-state index in [9.17, 15) is 9.18 Å². The second-order valence-corrected chi connectivity index (χ2v) is 3.36. The van der Waals surface area contributed by atoms with Crippen molar-refractivity contribution in [2.45, 2.75) is 0 Å². The lowest BCUT2D eigenvalue weighted by Crippen LogP contribution is -1.94. The van der Waals surface area contributed by atoms with Crippen molar-refractivity contribution < 1.29 is 18.8 Å². The van der Waals surface area contributed by atoms with Gasteiger partial charge < -0.3 is 9.63 Å². The highest BCUT2D eigenvalue weighted by atomic mass is 35.5. The maximum absolute atomic E-state index is 13.1. The molecule has 16 heavy (non-hydrogen) atoms. The Labute approximate surface area is 94.2 Å². The van der Waals surface area contributed by atoms with Crippen molar-refractivity contribution in [3.63, 3.8) is 0 Å². The quantitative estimate of drug-likeness (QED) is 0.878. The standard InChI is InChI=1S/C10H5ClFNO3/c11-9-5(2-1-3-6(9)12)8-4-7(10(14)15)13-16-8/h1-4H,(H,14,15). The van der Waals surface area contributed by atoms with Gasteiger partial charge in [0, 0.05) is 11.6 Å². The number of carboxylic acid groups (broad SMARTS) is 1. The van der Waals surface area contributed by atoms with Crippen LogP contribution in [0.3, 0.4) is 0 Å². The zero-order valence-corrected chi connectivity index (χ0v) is 8.53. The van der Waals surface area contributed by atoms with E-state index >= 15 is 0 Å². The zero-order chi connectivity index (χ0) is 11.7. The predicted molar refractivity (Wildman–Crippen MR) is 53.9 cm³/mol. The average Bonchev–Trinajstić information content (AvgIpc) is 2.71. The topological polar surface area (TPSA) is 63.3 Å². The third-order valence-electron chi connectivity index (χ3n) is 1.95. The second-order valence-electron chi connectivity index (χ2n) is 2.98. The predicted octanol–water partition coefficient (Wildman–Crippen LogP) is 2.83. The second kappa shape index (κ2) is 3.94. The maximum Gasteiger partial charge on any atom is 0.358 e. The van der Waals surface area contributed by atoms with Gasteiger partial charge >= 0.3 is 5.97 Å². The van der Waals surface area contributed by atoms with E-state index in [4.69, 9.17) is 21.2 Å². The number of hydrogen-bond acceptors (Lipinski definition) is 3. The molecule has 0 amide bonds. The number of aromatic nitrogens is 1. The summed E-state index contributed by atoms with van der Waals surface area (Å²) in [5.41, 5.74) is 0.0111. The highest BCUT2D eigenvalue weighted by Gasteiger charge is 2.15. The molecule has 0 radical (unpaired) electrons. The van der Waals surface area contributed by atoms with Crippen LogP contribution in [0.4, 0.5) is 4.39 Å². The molecule has 0 atom stereocenters. The molecule has 6 heteroatoms. The molecule has 0 fully saturated rings. The van der Waals surface area contributed by atoms with Crippen LogP contribution in [0.1, 0.15) is 10.5 Å². The lowest BCUT2D eigenvalue weighted by molar-refractivity contribution is 0.0686. The van der Waals surface area contributed by atoms with Gasteiger partial charge in [0.1, 0.15) is 5.82 Å². The van der Waals surface area contributed by atoms with E-state index in [1.54, 1.807) is 0 Å². The van der Waals surface area contributed by atoms with Crippen molar-refractivity contribution in [3.8, 4) is 11.3 Å². The van der Waals surface area contributed by atoms with E-state index in [2.05, 4.69) is 5.16 Å². The number of hydrogen-bond donors (Lipinski definition) is 1. The smallest absolute Gasteiger partial charge is 0.358 e. The SMILES string of the molecule is O=C(O)c1cc(-c2cccc(F)c2Cl)on1. The number of carbonyl (C=O) groups is 1. The number of rotatable bonds is 2. The van der Waals surface area contributed by atoms with Gasteiger partial charge in [-0.25, -0.2) is 9.18 Å². The molecule has 0 saturated carbocycles. The van der Waals surface area contributed by atoms with E-state index in [-0.39, 0.29) is 22.0 Å². The number of halogens is 2.